The van der Waals surface area contributed by atoms with Crippen LogP contribution in [0.5, 0.6) is 0 Å². The summed E-state index contributed by atoms with van der Waals surface area (Å²) in [5.74, 6) is -1.60. The average Bonchev–Trinajstić information content (AvgIpc) is 2.66. The van der Waals surface area contributed by atoms with Gasteiger partial charge in [-0.25, -0.2) is 4.90 Å². The zero-order valence-corrected chi connectivity index (χ0v) is 12.0. The largest absolute Gasteiger partial charge is 0.480 e. The van der Waals surface area contributed by atoms with Gasteiger partial charge in [-0.3, -0.25) is 14.4 Å². The van der Waals surface area contributed by atoms with Crippen LogP contribution in [0.4, 0.5) is 5.69 Å². The van der Waals surface area contributed by atoms with Crippen LogP contribution in [0, 0.1) is 6.92 Å². The summed E-state index contributed by atoms with van der Waals surface area (Å²) in [6, 6.07) is 7.10. The zero-order chi connectivity index (χ0) is 14.9. The molecule has 1 heterocycles. The maximum atomic E-state index is 12.3. The van der Waals surface area contributed by atoms with E-state index in [-0.39, 0.29) is 18.2 Å². The van der Waals surface area contributed by atoms with Gasteiger partial charge >= 0.3 is 5.97 Å². The van der Waals surface area contributed by atoms with Gasteiger partial charge in [0, 0.05) is 6.42 Å². The Morgan fingerprint density at radius 2 is 1.95 bits per heavy atom. The van der Waals surface area contributed by atoms with Gasteiger partial charge in [0.25, 0.3) is 0 Å². The van der Waals surface area contributed by atoms with Crippen LogP contribution in [0.15, 0.2) is 24.3 Å². The Morgan fingerprint density at radius 1 is 1.35 bits per heavy atom. The van der Waals surface area contributed by atoms with E-state index >= 15 is 0 Å². The van der Waals surface area contributed by atoms with E-state index in [0.717, 1.165) is 22.2 Å². The van der Waals surface area contributed by atoms with Crippen molar-refractivity contribution in [3.8, 4) is 0 Å². The second-order valence-corrected chi connectivity index (χ2v) is 6.26. The quantitative estimate of drug-likeness (QED) is 0.857. The average molecular weight is 293 g/mol. The summed E-state index contributed by atoms with van der Waals surface area (Å²) in [5.41, 5.74) is 1.58. The van der Waals surface area contributed by atoms with E-state index in [1.54, 1.807) is 12.1 Å². The molecule has 1 aliphatic rings. The Morgan fingerprint density at radius 3 is 2.50 bits per heavy atom. The molecule has 1 aromatic rings. The fraction of sp³-hybridized carbons (Fsp3) is 0.357. The molecule has 0 saturated carbocycles. The van der Waals surface area contributed by atoms with E-state index in [9.17, 15) is 14.4 Å². The Kier molecular flexibility index (Phi) is 4.13. The Balaban J connectivity index is 2.17. The highest BCUT2D eigenvalue weighted by molar-refractivity contribution is 8.01. The van der Waals surface area contributed by atoms with E-state index in [1.165, 1.54) is 6.92 Å². The van der Waals surface area contributed by atoms with Crippen molar-refractivity contribution >= 4 is 35.2 Å². The summed E-state index contributed by atoms with van der Waals surface area (Å²) in [4.78, 5) is 36.2. The fourth-order valence-corrected chi connectivity index (χ4v) is 3.05. The molecule has 106 valence electrons. The molecular formula is C14H15NO4S. The molecule has 0 aromatic heterocycles. The fourth-order valence-electron chi connectivity index (χ4n) is 1.98. The minimum Gasteiger partial charge on any atom is -0.480 e. The van der Waals surface area contributed by atoms with Crippen molar-refractivity contribution < 1.29 is 19.5 Å². The van der Waals surface area contributed by atoms with Gasteiger partial charge in [-0.15, -0.1) is 11.8 Å². The van der Waals surface area contributed by atoms with Gasteiger partial charge in [-0.2, -0.15) is 0 Å². The third-order valence-electron chi connectivity index (χ3n) is 3.11. The molecule has 0 aliphatic carbocycles. The first-order valence-electron chi connectivity index (χ1n) is 6.22. The normalized spacial score (nSPS) is 20.3. The summed E-state index contributed by atoms with van der Waals surface area (Å²) in [6.07, 6.45) is 0.0506. The van der Waals surface area contributed by atoms with Gasteiger partial charge in [0.1, 0.15) is 5.25 Å². The van der Waals surface area contributed by atoms with Crippen LogP contribution in [-0.4, -0.2) is 33.4 Å². The minimum atomic E-state index is -0.982. The number of amides is 2. The van der Waals surface area contributed by atoms with Crippen LogP contribution in [0.1, 0.15) is 18.9 Å². The Bertz CT molecular complexity index is 555. The first-order valence-corrected chi connectivity index (χ1v) is 7.16. The monoisotopic (exact) mass is 293 g/mol. The van der Waals surface area contributed by atoms with Crippen molar-refractivity contribution in [1.29, 1.82) is 0 Å². The van der Waals surface area contributed by atoms with Gasteiger partial charge < -0.3 is 5.11 Å². The van der Waals surface area contributed by atoms with Crippen molar-refractivity contribution in [3.05, 3.63) is 29.8 Å². The topological polar surface area (TPSA) is 74.7 Å². The predicted molar refractivity (Wildman–Crippen MR) is 76.8 cm³/mol. The number of benzene rings is 1. The summed E-state index contributed by atoms with van der Waals surface area (Å²) < 4.78 is 0. The first-order chi connectivity index (χ1) is 9.40. The number of aryl methyl sites for hydroxylation is 1. The van der Waals surface area contributed by atoms with Gasteiger partial charge in [0.05, 0.1) is 10.9 Å². The molecule has 2 rings (SSSR count). The number of nitrogens with zero attached hydrogens (tertiary/aromatic N) is 1. The van der Waals surface area contributed by atoms with Crippen molar-refractivity contribution in [1.82, 2.24) is 0 Å². The highest BCUT2D eigenvalue weighted by Crippen LogP contribution is 2.31. The van der Waals surface area contributed by atoms with Crippen LogP contribution < -0.4 is 4.90 Å². The number of imide groups is 1. The van der Waals surface area contributed by atoms with Crippen LogP contribution in [0.3, 0.4) is 0 Å². The van der Waals surface area contributed by atoms with Gasteiger partial charge in [-0.1, -0.05) is 17.7 Å². The van der Waals surface area contributed by atoms with Crippen molar-refractivity contribution in [2.45, 2.75) is 30.8 Å². The Hall–Kier alpha value is -1.82. The second-order valence-electron chi connectivity index (χ2n) is 4.71. The van der Waals surface area contributed by atoms with E-state index in [2.05, 4.69) is 0 Å². The van der Waals surface area contributed by atoms with Crippen LogP contribution >= 0.6 is 11.8 Å². The predicted octanol–water partition coefficient (Wildman–Crippen LogP) is 1.83. The summed E-state index contributed by atoms with van der Waals surface area (Å²) in [7, 11) is 0. The SMILES string of the molecule is Cc1ccc(N2C(=O)CC(SC(C)C(=O)O)C2=O)cc1. The lowest BCUT2D eigenvalue weighted by Gasteiger charge is -2.15. The summed E-state index contributed by atoms with van der Waals surface area (Å²) in [5, 5.41) is 7.55. The smallest absolute Gasteiger partial charge is 0.316 e. The van der Waals surface area contributed by atoms with Gasteiger partial charge in [0.2, 0.25) is 11.8 Å². The summed E-state index contributed by atoms with van der Waals surface area (Å²) >= 11 is 1.02. The van der Waals surface area contributed by atoms with Gasteiger partial charge in [0.15, 0.2) is 0 Å². The molecule has 1 fully saturated rings. The highest BCUT2D eigenvalue weighted by Gasteiger charge is 2.41. The number of carboxylic acid groups (broad SMARTS) is 1. The first kappa shape index (κ1) is 14.6. The third kappa shape index (κ3) is 2.85. The molecule has 1 N–H and O–H groups in total. The lowest BCUT2D eigenvalue weighted by atomic mass is 10.2. The van der Waals surface area contributed by atoms with Crippen LogP contribution in [0.25, 0.3) is 0 Å². The number of carboxylic acids is 1. The molecule has 20 heavy (non-hydrogen) atoms. The summed E-state index contributed by atoms with van der Waals surface area (Å²) in [6.45, 7) is 3.43. The molecule has 1 aliphatic heterocycles. The number of thioether (sulfide) groups is 1. The number of anilines is 1. The Labute approximate surface area is 121 Å². The van der Waals surface area contributed by atoms with Crippen molar-refractivity contribution in [2.75, 3.05) is 4.90 Å². The second kappa shape index (κ2) is 5.66. The van der Waals surface area contributed by atoms with Crippen LogP contribution in [0.2, 0.25) is 0 Å². The number of hydrogen-bond donors (Lipinski definition) is 1. The zero-order valence-electron chi connectivity index (χ0n) is 11.2. The molecular weight excluding hydrogens is 278 g/mol. The number of aliphatic carboxylic acids is 1. The molecule has 0 bridgehead atoms. The van der Waals surface area contributed by atoms with Crippen LogP contribution in [-0.2, 0) is 14.4 Å². The molecule has 1 saturated heterocycles. The van der Waals surface area contributed by atoms with E-state index < -0.39 is 16.5 Å². The van der Waals surface area contributed by atoms with E-state index in [0.29, 0.717) is 5.69 Å². The molecule has 2 unspecified atom stereocenters. The lowest BCUT2D eigenvalue weighted by molar-refractivity contribution is -0.136. The number of hydrogen-bond acceptors (Lipinski definition) is 4. The number of carbonyl (C=O) groups is 3. The molecule has 2 amide bonds. The molecule has 5 nitrogen and oxygen atoms in total. The maximum Gasteiger partial charge on any atom is 0.316 e. The number of carbonyl (C=O) groups excluding carboxylic acids is 2. The third-order valence-corrected chi connectivity index (χ3v) is 4.42. The molecule has 1 aromatic carbocycles. The highest BCUT2D eigenvalue weighted by atomic mass is 32.2. The van der Waals surface area contributed by atoms with Crippen molar-refractivity contribution in [3.63, 3.8) is 0 Å². The standard InChI is InChI=1S/C14H15NO4S/c1-8-3-5-10(6-4-8)15-12(16)7-11(13(15)17)20-9(2)14(18)19/h3-6,9,11H,7H2,1-2H3,(H,18,19). The molecule has 6 heteroatoms. The van der Waals surface area contributed by atoms with E-state index in [1.807, 2.05) is 19.1 Å². The molecule has 0 spiro atoms. The van der Waals surface area contributed by atoms with Gasteiger partial charge in [-0.05, 0) is 26.0 Å². The maximum absolute atomic E-state index is 12.3. The van der Waals surface area contributed by atoms with E-state index in [4.69, 9.17) is 5.11 Å². The molecule has 2 atom stereocenters. The molecule has 0 radical (unpaired) electrons. The lowest BCUT2D eigenvalue weighted by Crippen LogP contribution is -2.31. The number of rotatable bonds is 4. The minimum absolute atomic E-state index is 0.0506. The van der Waals surface area contributed by atoms with Crippen molar-refractivity contribution in [2.24, 2.45) is 0 Å².